The predicted octanol–water partition coefficient (Wildman–Crippen LogP) is 4.10. The molecule has 1 aliphatic rings. The number of nitrogens with zero attached hydrogens (tertiary/aromatic N) is 3. The predicted molar refractivity (Wildman–Crippen MR) is 92.4 cm³/mol. The molecule has 2 heterocycles. The minimum atomic E-state index is 0.256. The Labute approximate surface area is 148 Å². The zero-order valence-corrected chi connectivity index (χ0v) is 14.1. The summed E-state index contributed by atoms with van der Waals surface area (Å²) >= 11 is 12.2. The molecule has 0 N–H and O–H groups in total. The van der Waals surface area contributed by atoms with Gasteiger partial charge in [-0.3, -0.25) is 0 Å². The van der Waals surface area contributed by atoms with Crippen LogP contribution in [-0.4, -0.2) is 28.2 Å². The molecule has 24 heavy (non-hydrogen) atoms. The third kappa shape index (κ3) is 2.70. The van der Waals surface area contributed by atoms with Crippen molar-refractivity contribution in [2.24, 2.45) is 0 Å². The number of hydrogen-bond donors (Lipinski definition) is 0. The lowest BCUT2D eigenvalue weighted by atomic mass is 10.1. The van der Waals surface area contributed by atoms with Crippen molar-refractivity contribution in [2.75, 3.05) is 13.2 Å². The van der Waals surface area contributed by atoms with Crippen LogP contribution in [0.15, 0.2) is 42.5 Å². The molecule has 1 aromatic heterocycles. The number of rotatable bonds is 3. The van der Waals surface area contributed by atoms with E-state index in [1.165, 1.54) is 0 Å². The Morgan fingerprint density at radius 2 is 1.88 bits per heavy atom. The lowest BCUT2D eigenvalue weighted by Gasteiger charge is -2.19. The first-order valence-electron chi connectivity index (χ1n) is 7.43. The Morgan fingerprint density at radius 3 is 2.67 bits per heavy atom. The third-order valence-electron chi connectivity index (χ3n) is 3.73. The molecule has 0 saturated heterocycles. The van der Waals surface area contributed by atoms with E-state index >= 15 is 0 Å². The third-order valence-corrected chi connectivity index (χ3v) is 4.22. The van der Waals surface area contributed by atoms with Gasteiger partial charge >= 0.3 is 0 Å². The van der Waals surface area contributed by atoms with Crippen LogP contribution in [0.3, 0.4) is 0 Å². The van der Waals surface area contributed by atoms with Gasteiger partial charge in [-0.05, 0) is 24.3 Å². The van der Waals surface area contributed by atoms with E-state index in [0.29, 0.717) is 29.7 Å². The standard InChI is InChI=1S/C17H13Cl2N3O2/c18-10-14-17(11-2-1-3-12(19)8-11)22(21-20-14)13-4-5-15-16(9-13)24-7-6-23-15/h1-5,8-9H,6-7,10H2. The van der Waals surface area contributed by atoms with Crippen molar-refractivity contribution < 1.29 is 9.47 Å². The van der Waals surface area contributed by atoms with Crippen molar-refractivity contribution in [1.82, 2.24) is 15.0 Å². The molecule has 0 unspecified atom stereocenters. The van der Waals surface area contributed by atoms with Gasteiger partial charge in [0.15, 0.2) is 11.5 Å². The first-order chi connectivity index (χ1) is 11.8. The summed E-state index contributed by atoms with van der Waals surface area (Å²) in [6, 6.07) is 13.2. The van der Waals surface area contributed by atoms with Crippen LogP contribution < -0.4 is 9.47 Å². The number of benzene rings is 2. The largest absolute Gasteiger partial charge is 0.486 e. The summed E-state index contributed by atoms with van der Waals surface area (Å²) in [4.78, 5) is 0. The number of aromatic nitrogens is 3. The maximum absolute atomic E-state index is 6.13. The number of alkyl halides is 1. The number of fused-ring (bicyclic) bond motifs is 1. The fourth-order valence-electron chi connectivity index (χ4n) is 2.67. The zero-order valence-electron chi connectivity index (χ0n) is 12.6. The van der Waals surface area contributed by atoms with Gasteiger partial charge in [-0.1, -0.05) is 28.9 Å². The van der Waals surface area contributed by atoms with Crippen LogP contribution in [0.2, 0.25) is 5.02 Å². The molecule has 0 bridgehead atoms. The van der Waals surface area contributed by atoms with Crippen molar-refractivity contribution in [3.05, 3.63) is 53.2 Å². The van der Waals surface area contributed by atoms with Crippen LogP contribution in [0.4, 0.5) is 0 Å². The van der Waals surface area contributed by atoms with E-state index in [2.05, 4.69) is 10.3 Å². The highest BCUT2D eigenvalue weighted by Crippen LogP contribution is 2.34. The summed E-state index contributed by atoms with van der Waals surface area (Å²) in [5, 5.41) is 9.09. The van der Waals surface area contributed by atoms with Crippen molar-refractivity contribution in [3.63, 3.8) is 0 Å². The molecule has 0 atom stereocenters. The van der Waals surface area contributed by atoms with E-state index < -0.39 is 0 Å². The van der Waals surface area contributed by atoms with Crippen LogP contribution in [0.5, 0.6) is 11.5 Å². The summed E-state index contributed by atoms with van der Waals surface area (Å²) in [5.74, 6) is 1.68. The van der Waals surface area contributed by atoms with Crippen molar-refractivity contribution >= 4 is 23.2 Å². The molecule has 0 radical (unpaired) electrons. The van der Waals surface area contributed by atoms with E-state index in [4.69, 9.17) is 32.7 Å². The molecule has 4 rings (SSSR count). The number of hydrogen-bond acceptors (Lipinski definition) is 4. The second-order valence-electron chi connectivity index (χ2n) is 5.27. The lowest BCUT2D eigenvalue weighted by Crippen LogP contribution is -2.15. The van der Waals surface area contributed by atoms with Crippen LogP contribution in [-0.2, 0) is 5.88 Å². The monoisotopic (exact) mass is 361 g/mol. The van der Waals surface area contributed by atoms with Gasteiger partial charge < -0.3 is 9.47 Å². The highest BCUT2D eigenvalue weighted by atomic mass is 35.5. The summed E-state index contributed by atoms with van der Waals surface area (Å²) in [7, 11) is 0. The Bertz CT molecular complexity index is 895. The quantitative estimate of drug-likeness (QED) is 0.659. The normalized spacial score (nSPS) is 13.1. The zero-order chi connectivity index (χ0) is 16.5. The minimum Gasteiger partial charge on any atom is -0.486 e. The number of ether oxygens (including phenoxy) is 2. The van der Waals surface area contributed by atoms with Crippen molar-refractivity contribution in [1.29, 1.82) is 0 Å². The molecule has 5 nitrogen and oxygen atoms in total. The lowest BCUT2D eigenvalue weighted by molar-refractivity contribution is 0.171. The van der Waals surface area contributed by atoms with E-state index in [1.54, 1.807) is 4.68 Å². The summed E-state index contributed by atoms with van der Waals surface area (Å²) in [5.41, 5.74) is 3.22. The van der Waals surface area contributed by atoms with Gasteiger partial charge in [0, 0.05) is 16.7 Å². The van der Waals surface area contributed by atoms with Crippen molar-refractivity contribution in [3.8, 4) is 28.4 Å². The number of halogens is 2. The van der Waals surface area contributed by atoms with E-state index in [9.17, 15) is 0 Å². The molecule has 7 heteroatoms. The highest BCUT2D eigenvalue weighted by molar-refractivity contribution is 6.30. The van der Waals surface area contributed by atoms with Gasteiger partial charge in [-0.25, -0.2) is 4.68 Å². The Kier molecular flexibility index (Phi) is 4.04. The second kappa shape index (κ2) is 6.34. The first-order valence-corrected chi connectivity index (χ1v) is 8.34. The molecular weight excluding hydrogens is 349 g/mol. The van der Waals surface area contributed by atoms with Crippen LogP contribution >= 0.6 is 23.2 Å². The average molecular weight is 362 g/mol. The molecule has 3 aromatic rings. The molecule has 1 aliphatic heterocycles. The Hall–Kier alpha value is -2.24. The highest BCUT2D eigenvalue weighted by Gasteiger charge is 2.18. The van der Waals surface area contributed by atoms with Gasteiger partial charge in [0.05, 0.1) is 17.3 Å². The Balaban J connectivity index is 1.86. The first kappa shape index (κ1) is 15.3. The van der Waals surface area contributed by atoms with E-state index in [-0.39, 0.29) is 5.88 Å². The molecular formula is C17H13Cl2N3O2. The van der Waals surface area contributed by atoms with Crippen LogP contribution in [0, 0.1) is 0 Å². The summed E-state index contributed by atoms with van der Waals surface area (Å²) < 4.78 is 12.9. The average Bonchev–Trinajstić information content (AvgIpc) is 3.05. The summed E-state index contributed by atoms with van der Waals surface area (Å²) in [6.07, 6.45) is 0. The van der Waals surface area contributed by atoms with Crippen LogP contribution in [0.1, 0.15) is 5.69 Å². The molecule has 0 fully saturated rings. The molecule has 0 saturated carbocycles. The maximum Gasteiger partial charge on any atom is 0.163 e. The molecule has 0 aliphatic carbocycles. The smallest absolute Gasteiger partial charge is 0.163 e. The fraction of sp³-hybridized carbons (Fsp3) is 0.176. The fourth-order valence-corrected chi connectivity index (χ4v) is 3.04. The molecule has 122 valence electrons. The molecule has 0 spiro atoms. The molecule has 0 amide bonds. The van der Waals surface area contributed by atoms with Gasteiger partial charge in [0.1, 0.15) is 18.9 Å². The van der Waals surface area contributed by atoms with Gasteiger partial charge in [-0.15, -0.1) is 16.7 Å². The van der Waals surface area contributed by atoms with Gasteiger partial charge in [0.2, 0.25) is 0 Å². The van der Waals surface area contributed by atoms with E-state index in [1.807, 2.05) is 42.5 Å². The van der Waals surface area contributed by atoms with Gasteiger partial charge in [-0.2, -0.15) is 0 Å². The Morgan fingerprint density at radius 1 is 1.04 bits per heavy atom. The minimum absolute atomic E-state index is 0.256. The maximum atomic E-state index is 6.13. The van der Waals surface area contributed by atoms with Gasteiger partial charge in [0.25, 0.3) is 0 Å². The van der Waals surface area contributed by atoms with E-state index in [0.717, 1.165) is 22.7 Å². The topological polar surface area (TPSA) is 49.2 Å². The molecule has 2 aromatic carbocycles. The van der Waals surface area contributed by atoms with Crippen LogP contribution in [0.25, 0.3) is 16.9 Å². The summed E-state index contributed by atoms with van der Waals surface area (Å²) in [6.45, 7) is 1.09. The van der Waals surface area contributed by atoms with Crippen molar-refractivity contribution in [2.45, 2.75) is 5.88 Å². The second-order valence-corrected chi connectivity index (χ2v) is 5.97. The SMILES string of the molecule is ClCc1nnn(-c2ccc3c(c2)OCCO3)c1-c1cccc(Cl)c1.